The number of nitrogens with one attached hydrogen (secondary N) is 1. The Morgan fingerprint density at radius 3 is 2.31 bits per heavy atom. The summed E-state index contributed by atoms with van der Waals surface area (Å²) in [5.41, 5.74) is 1.10. The number of nitrogens with zero attached hydrogens (tertiary/aromatic N) is 3. The fraction of sp³-hybridized carbons (Fsp3) is 0.692. The van der Waals surface area contributed by atoms with Gasteiger partial charge in [-0.15, -0.1) is 0 Å². The second kappa shape index (κ2) is 12.4. The molecular weight excluding hydrogens is 400 g/mol. The van der Waals surface area contributed by atoms with E-state index in [2.05, 4.69) is 48.3 Å². The lowest BCUT2D eigenvalue weighted by molar-refractivity contribution is -0.136. The second-order valence-electron chi connectivity index (χ2n) is 9.67. The second-order valence-corrected chi connectivity index (χ2v) is 9.67. The van der Waals surface area contributed by atoms with E-state index in [-0.39, 0.29) is 23.8 Å². The van der Waals surface area contributed by atoms with Crippen LogP contribution in [0, 0.1) is 5.92 Å². The van der Waals surface area contributed by atoms with Crippen molar-refractivity contribution in [3.63, 3.8) is 0 Å². The first kappa shape index (κ1) is 24.7. The molecule has 2 amide bonds. The molecule has 1 saturated heterocycles. The summed E-state index contributed by atoms with van der Waals surface area (Å²) in [4.78, 5) is 32.9. The lowest BCUT2D eigenvalue weighted by Gasteiger charge is -2.41. The van der Waals surface area contributed by atoms with Crippen LogP contribution in [0.15, 0.2) is 30.3 Å². The van der Waals surface area contributed by atoms with Gasteiger partial charge in [0.25, 0.3) is 0 Å². The summed E-state index contributed by atoms with van der Waals surface area (Å²) >= 11 is 0. The topological polar surface area (TPSA) is 55.9 Å². The highest BCUT2D eigenvalue weighted by Gasteiger charge is 2.37. The number of piperazine rings is 1. The molecular formula is C26H42N4O2. The van der Waals surface area contributed by atoms with Crippen molar-refractivity contribution in [3.05, 3.63) is 35.9 Å². The molecule has 6 heteroatoms. The lowest BCUT2D eigenvalue weighted by atomic mass is 9.93. The van der Waals surface area contributed by atoms with E-state index < -0.39 is 0 Å². The maximum absolute atomic E-state index is 13.2. The van der Waals surface area contributed by atoms with Crippen LogP contribution < -0.4 is 5.32 Å². The van der Waals surface area contributed by atoms with E-state index in [0.29, 0.717) is 19.0 Å². The minimum Gasteiger partial charge on any atom is -0.355 e. The average Bonchev–Trinajstić information content (AvgIpc) is 3.33. The minimum atomic E-state index is -0.0756. The predicted octanol–water partition coefficient (Wildman–Crippen LogP) is 2.95. The summed E-state index contributed by atoms with van der Waals surface area (Å²) < 4.78 is 0. The van der Waals surface area contributed by atoms with Crippen molar-refractivity contribution in [3.8, 4) is 0 Å². The average molecular weight is 443 g/mol. The molecule has 1 heterocycles. The van der Waals surface area contributed by atoms with Crippen molar-refractivity contribution in [1.29, 1.82) is 0 Å². The number of amides is 2. The van der Waals surface area contributed by atoms with Crippen molar-refractivity contribution in [2.45, 2.75) is 57.4 Å². The van der Waals surface area contributed by atoms with E-state index in [1.54, 1.807) is 0 Å². The molecule has 1 aromatic rings. The standard InChI is InChI=1S/C26H42N4O2/c1-4-23(21-11-6-5-7-12-21)26(32)30-19-17-29(18-20-30)24(22-13-8-9-14-22)25(31)27-15-10-16-28(2)3/h5-7,11-12,22-24H,4,8-10,13-20H2,1-3H3,(H,27,31). The summed E-state index contributed by atoms with van der Waals surface area (Å²) in [5.74, 6) is 0.780. The highest BCUT2D eigenvalue weighted by atomic mass is 16.2. The van der Waals surface area contributed by atoms with Crippen molar-refractivity contribution < 1.29 is 9.59 Å². The van der Waals surface area contributed by atoms with Gasteiger partial charge in [-0.25, -0.2) is 0 Å². The number of hydrogen-bond acceptors (Lipinski definition) is 4. The molecule has 1 aromatic carbocycles. The maximum Gasteiger partial charge on any atom is 0.237 e. The molecule has 1 aliphatic carbocycles. The zero-order chi connectivity index (χ0) is 22.9. The molecule has 0 bridgehead atoms. The molecule has 2 unspecified atom stereocenters. The summed E-state index contributed by atoms with van der Waals surface area (Å²) in [6.07, 6.45) is 6.51. The molecule has 2 aliphatic rings. The molecule has 0 spiro atoms. The highest BCUT2D eigenvalue weighted by Crippen LogP contribution is 2.31. The van der Waals surface area contributed by atoms with E-state index in [1.807, 2.05) is 23.1 Å². The molecule has 1 N–H and O–H groups in total. The Morgan fingerprint density at radius 1 is 1.06 bits per heavy atom. The molecule has 0 radical (unpaired) electrons. The van der Waals surface area contributed by atoms with Gasteiger partial charge in [0.05, 0.1) is 12.0 Å². The van der Waals surface area contributed by atoms with Crippen molar-refractivity contribution >= 4 is 11.8 Å². The molecule has 3 rings (SSSR count). The molecule has 32 heavy (non-hydrogen) atoms. The van der Waals surface area contributed by atoms with Gasteiger partial charge in [0.15, 0.2) is 0 Å². The zero-order valence-corrected chi connectivity index (χ0v) is 20.3. The fourth-order valence-corrected chi connectivity index (χ4v) is 5.34. The smallest absolute Gasteiger partial charge is 0.237 e. The van der Waals surface area contributed by atoms with E-state index in [4.69, 9.17) is 0 Å². The Hall–Kier alpha value is -1.92. The third-order valence-corrected chi connectivity index (χ3v) is 7.12. The van der Waals surface area contributed by atoms with Crippen LogP contribution in [0.2, 0.25) is 0 Å². The number of carbonyl (C=O) groups is 2. The Labute approximate surface area is 194 Å². The van der Waals surface area contributed by atoms with Gasteiger partial charge < -0.3 is 15.1 Å². The van der Waals surface area contributed by atoms with Crippen LogP contribution in [0.1, 0.15) is 56.9 Å². The third kappa shape index (κ3) is 6.55. The Balaban J connectivity index is 1.58. The van der Waals surface area contributed by atoms with Crippen LogP contribution in [-0.2, 0) is 9.59 Å². The van der Waals surface area contributed by atoms with Crippen LogP contribution in [0.25, 0.3) is 0 Å². The summed E-state index contributed by atoms with van der Waals surface area (Å²) in [6.45, 7) is 6.77. The SMILES string of the molecule is CCC(C(=O)N1CCN(C(C(=O)NCCCN(C)C)C2CCCC2)CC1)c1ccccc1. The summed E-state index contributed by atoms with van der Waals surface area (Å²) in [5, 5.41) is 3.21. The van der Waals surface area contributed by atoms with Crippen LogP contribution in [0.3, 0.4) is 0 Å². The first-order valence-electron chi connectivity index (χ1n) is 12.5. The Bertz CT molecular complexity index is 710. The van der Waals surface area contributed by atoms with E-state index >= 15 is 0 Å². The normalized spacial score (nSPS) is 19.8. The maximum atomic E-state index is 13.2. The van der Waals surface area contributed by atoms with E-state index in [9.17, 15) is 9.59 Å². The minimum absolute atomic E-state index is 0.0507. The Kier molecular flexibility index (Phi) is 9.54. The monoisotopic (exact) mass is 442 g/mol. The fourth-order valence-electron chi connectivity index (χ4n) is 5.34. The van der Waals surface area contributed by atoms with Gasteiger partial charge in [-0.05, 0) is 57.8 Å². The van der Waals surface area contributed by atoms with E-state index in [0.717, 1.165) is 57.4 Å². The van der Waals surface area contributed by atoms with Crippen molar-refractivity contribution in [1.82, 2.24) is 20.0 Å². The molecule has 2 fully saturated rings. The van der Waals surface area contributed by atoms with Crippen molar-refractivity contribution in [2.24, 2.45) is 5.92 Å². The molecule has 1 aliphatic heterocycles. The van der Waals surface area contributed by atoms with Gasteiger partial charge in [-0.2, -0.15) is 0 Å². The third-order valence-electron chi connectivity index (χ3n) is 7.12. The highest BCUT2D eigenvalue weighted by molar-refractivity contribution is 5.84. The van der Waals surface area contributed by atoms with Crippen molar-refractivity contribution in [2.75, 3.05) is 53.4 Å². The van der Waals surface area contributed by atoms with Gasteiger partial charge in [0.1, 0.15) is 0 Å². The largest absolute Gasteiger partial charge is 0.355 e. The molecule has 178 valence electrons. The number of hydrogen-bond donors (Lipinski definition) is 1. The quantitative estimate of drug-likeness (QED) is 0.566. The number of carbonyl (C=O) groups excluding carboxylic acids is 2. The van der Waals surface area contributed by atoms with Crippen LogP contribution in [0.4, 0.5) is 0 Å². The first-order valence-corrected chi connectivity index (χ1v) is 12.5. The van der Waals surface area contributed by atoms with E-state index in [1.165, 1.54) is 12.8 Å². The number of rotatable bonds is 10. The van der Waals surface area contributed by atoms with Crippen LogP contribution in [0.5, 0.6) is 0 Å². The summed E-state index contributed by atoms with van der Waals surface area (Å²) in [6, 6.07) is 10.1. The Morgan fingerprint density at radius 2 is 1.72 bits per heavy atom. The summed E-state index contributed by atoms with van der Waals surface area (Å²) in [7, 11) is 4.12. The zero-order valence-electron chi connectivity index (χ0n) is 20.3. The van der Waals surface area contributed by atoms with Gasteiger partial charge in [0.2, 0.25) is 11.8 Å². The van der Waals surface area contributed by atoms with Gasteiger partial charge in [0, 0.05) is 32.7 Å². The van der Waals surface area contributed by atoms with Gasteiger partial charge in [-0.1, -0.05) is 50.1 Å². The number of benzene rings is 1. The molecule has 1 saturated carbocycles. The lowest BCUT2D eigenvalue weighted by Crippen LogP contribution is -2.58. The van der Waals surface area contributed by atoms with Crippen LogP contribution >= 0.6 is 0 Å². The van der Waals surface area contributed by atoms with Gasteiger partial charge >= 0.3 is 0 Å². The first-order chi connectivity index (χ1) is 15.5. The molecule has 0 aromatic heterocycles. The van der Waals surface area contributed by atoms with Crippen LogP contribution in [-0.4, -0.2) is 85.9 Å². The molecule has 2 atom stereocenters. The van der Waals surface area contributed by atoms with Gasteiger partial charge in [-0.3, -0.25) is 14.5 Å². The molecule has 6 nitrogen and oxygen atoms in total. The predicted molar refractivity (Wildman–Crippen MR) is 130 cm³/mol.